The summed E-state index contributed by atoms with van der Waals surface area (Å²) in [7, 11) is 3.27. The molecule has 0 aromatic heterocycles. The fourth-order valence-electron chi connectivity index (χ4n) is 2.70. The smallest absolute Gasteiger partial charge is 0.252 e. The van der Waals surface area contributed by atoms with Crippen LogP contribution in [0.5, 0.6) is 5.75 Å². The van der Waals surface area contributed by atoms with Crippen molar-refractivity contribution in [3.8, 4) is 5.75 Å². The van der Waals surface area contributed by atoms with E-state index in [2.05, 4.69) is 5.32 Å². The normalized spacial score (nSPS) is 23.1. The fourth-order valence-corrected chi connectivity index (χ4v) is 2.70. The number of amides is 1. The summed E-state index contributed by atoms with van der Waals surface area (Å²) in [5.74, 6) is 0.311. The quantitative estimate of drug-likeness (QED) is 0.847. The molecule has 0 radical (unpaired) electrons. The van der Waals surface area contributed by atoms with Gasteiger partial charge in [-0.1, -0.05) is 12.1 Å². The minimum atomic E-state index is -0.471. The van der Waals surface area contributed by atoms with Gasteiger partial charge < -0.3 is 20.5 Å². The number of benzene rings is 1. The number of methoxy groups -OCH3 is 2. The lowest BCUT2D eigenvalue weighted by atomic mass is 9.86. The number of ether oxygens (including phenoxy) is 2. The molecule has 0 saturated carbocycles. The lowest BCUT2D eigenvalue weighted by molar-refractivity contribution is 0.0616. The highest BCUT2D eigenvalue weighted by Gasteiger charge is 2.29. The van der Waals surface area contributed by atoms with Crippen molar-refractivity contribution in [2.75, 3.05) is 27.3 Å². The van der Waals surface area contributed by atoms with E-state index in [-0.39, 0.29) is 12.0 Å². The molecular formula is C14H20N2O3. The molecule has 1 heterocycles. The van der Waals surface area contributed by atoms with Gasteiger partial charge in [-0.15, -0.1) is 0 Å². The van der Waals surface area contributed by atoms with Gasteiger partial charge in [-0.05, 0) is 19.0 Å². The Morgan fingerprint density at radius 3 is 2.84 bits per heavy atom. The monoisotopic (exact) mass is 264 g/mol. The summed E-state index contributed by atoms with van der Waals surface area (Å²) >= 11 is 0. The maximum absolute atomic E-state index is 11.5. The van der Waals surface area contributed by atoms with E-state index in [0.717, 1.165) is 25.1 Å². The van der Waals surface area contributed by atoms with Gasteiger partial charge in [0.2, 0.25) is 0 Å². The Morgan fingerprint density at radius 2 is 2.21 bits per heavy atom. The van der Waals surface area contributed by atoms with E-state index in [1.165, 1.54) is 0 Å². The minimum Gasteiger partial charge on any atom is -0.496 e. The molecule has 5 nitrogen and oxygen atoms in total. The van der Waals surface area contributed by atoms with Crippen molar-refractivity contribution in [2.24, 2.45) is 5.73 Å². The summed E-state index contributed by atoms with van der Waals surface area (Å²) < 4.78 is 10.9. The second-order valence-corrected chi connectivity index (χ2v) is 4.67. The minimum absolute atomic E-state index is 0.0748. The topological polar surface area (TPSA) is 73.6 Å². The zero-order chi connectivity index (χ0) is 13.8. The molecule has 0 spiro atoms. The van der Waals surface area contributed by atoms with Crippen molar-refractivity contribution in [2.45, 2.75) is 18.4 Å². The van der Waals surface area contributed by atoms with Crippen molar-refractivity contribution in [3.05, 3.63) is 29.3 Å². The van der Waals surface area contributed by atoms with Crippen molar-refractivity contribution >= 4 is 5.91 Å². The van der Waals surface area contributed by atoms with Crippen molar-refractivity contribution in [1.82, 2.24) is 5.32 Å². The number of carbonyl (C=O) groups is 1. The Morgan fingerprint density at radius 1 is 1.42 bits per heavy atom. The van der Waals surface area contributed by atoms with E-state index in [9.17, 15) is 4.79 Å². The number of para-hydroxylation sites is 1. The number of primary amides is 1. The van der Waals surface area contributed by atoms with Gasteiger partial charge >= 0.3 is 0 Å². The summed E-state index contributed by atoms with van der Waals surface area (Å²) in [5, 5.41) is 3.30. The zero-order valence-electron chi connectivity index (χ0n) is 11.3. The Hall–Kier alpha value is -1.59. The predicted molar refractivity (Wildman–Crippen MR) is 72.5 cm³/mol. The highest BCUT2D eigenvalue weighted by molar-refractivity contribution is 5.96. The second kappa shape index (κ2) is 6.04. The molecule has 2 rings (SSSR count). The maximum atomic E-state index is 11.5. The molecule has 1 aliphatic heterocycles. The first-order chi connectivity index (χ1) is 9.19. The van der Waals surface area contributed by atoms with Gasteiger partial charge in [-0.2, -0.15) is 0 Å². The number of nitrogens with two attached hydrogens (primary N) is 1. The Labute approximate surface area is 113 Å². The third-order valence-corrected chi connectivity index (χ3v) is 3.64. The average Bonchev–Trinajstić information content (AvgIpc) is 2.46. The molecule has 1 fully saturated rings. The number of piperidine rings is 1. The molecule has 2 atom stereocenters. The molecule has 1 aromatic carbocycles. The first kappa shape index (κ1) is 13.8. The summed E-state index contributed by atoms with van der Waals surface area (Å²) in [4.78, 5) is 11.5. The van der Waals surface area contributed by atoms with Gasteiger partial charge in [0.15, 0.2) is 0 Å². The van der Waals surface area contributed by atoms with Crippen LogP contribution >= 0.6 is 0 Å². The van der Waals surface area contributed by atoms with Gasteiger partial charge in [0.25, 0.3) is 5.91 Å². The molecule has 1 saturated heterocycles. The van der Waals surface area contributed by atoms with Gasteiger partial charge in [-0.3, -0.25) is 4.79 Å². The second-order valence-electron chi connectivity index (χ2n) is 4.67. The molecule has 19 heavy (non-hydrogen) atoms. The van der Waals surface area contributed by atoms with Crippen LogP contribution < -0.4 is 15.8 Å². The van der Waals surface area contributed by atoms with Gasteiger partial charge in [-0.25, -0.2) is 0 Å². The van der Waals surface area contributed by atoms with Crippen molar-refractivity contribution in [1.29, 1.82) is 0 Å². The predicted octanol–water partition coefficient (Wildman–Crippen LogP) is 0.886. The third kappa shape index (κ3) is 2.72. The molecule has 2 unspecified atom stereocenters. The molecule has 1 aromatic rings. The Balaban J connectivity index is 2.42. The standard InChI is InChI=1S/C14H20N2O3/c1-18-12-8-16-7-6-9(12)10-4-3-5-11(14(15)17)13(10)19-2/h3-5,9,12,16H,6-8H2,1-2H3,(H2,15,17). The van der Waals surface area contributed by atoms with E-state index < -0.39 is 5.91 Å². The summed E-state index contributed by atoms with van der Waals surface area (Å²) in [6.07, 6.45) is 1.02. The molecule has 5 heteroatoms. The van der Waals surface area contributed by atoms with Crippen LogP contribution in [0.2, 0.25) is 0 Å². The lowest BCUT2D eigenvalue weighted by Crippen LogP contribution is -2.40. The number of hydrogen-bond acceptors (Lipinski definition) is 4. The van der Waals surface area contributed by atoms with Crippen LogP contribution in [-0.4, -0.2) is 39.3 Å². The van der Waals surface area contributed by atoms with Crippen LogP contribution in [0.25, 0.3) is 0 Å². The maximum Gasteiger partial charge on any atom is 0.252 e. The lowest BCUT2D eigenvalue weighted by Gasteiger charge is -2.32. The molecule has 0 aliphatic carbocycles. The van der Waals surface area contributed by atoms with Gasteiger partial charge in [0, 0.05) is 25.1 Å². The van der Waals surface area contributed by atoms with Crippen LogP contribution in [-0.2, 0) is 4.74 Å². The Kier molecular flexibility index (Phi) is 4.39. The van der Waals surface area contributed by atoms with Crippen LogP contribution in [0.15, 0.2) is 18.2 Å². The van der Waals surface area contributed by atoms with E-state index in [4.69, 9.17) is 15.2 Å². The van der Waals surface area contributed by atoms with Gasteiger partial charge in [0.05, 0.1) is 18.8 Å². The average molecular weight is 264 g/mol. The number of hydrogen-bond donors (Lipinski definition) is 2. The van der Waals surface area contributed by atoms with Crippen LogP contribution in [0, 0.1) is 0 Å². The number of nitrogens with one attached hydrogen (secondary N) is 1. The van der Waals surface area contributed by atoms with Crippen molar-refractivity contribution in [3.63, 3.8) is 0 Å². The summed E-state index contributed by atoms with van der Waals surface area (Å²) in [6, 6.07) is 5.51. The number of rotatable bonds is 4. The van der Waals surface area contributed by atoms with Crippen LogP contribution in [0.3, 0.4) is 0 Å². The van der Waals surface area contributed by atoms with E-state index in [0.29, 0.717) is 11.3 Å². The van der Waals surface area contributed by atoms with Gasteiger partial charge in [0.1, 0.15) is 5.75 Å². The molecule has 104 valence electrons. The van der Waals surface area contributed by atoms with Crippen molar-refractivity contribution < 1.29 is 14.3 Å². The summed E-state index contributed by atoms with van der Waals surface area (Å²) in [6.45, 7) is 1.72. The fraction of sp³-hybridized carbons (Fsp3) is 0.500. The molecular weight excluding hydrogens is 244 g/mol. The first-order valence-electron chi connectivity index (χ1n) is 6.39. The van der Waals surface area contributed by atoms with E-state index in [1.54, 1.807) is 20.3 Å². The SMILES string of the molecule is COc1c(C(N)=O)cccc1C1CCNCC1OC. The van der Waals surface area contributed by atoms with Crippen LogP contribution in [0.1, 0.15) is 28.3 Å². The highest BCUT2D eigenvalue weighted by atomic mass is 16.5. The first-order valence-corrected chi connectivity index (χ1v) is 6.39. The molecule has 3 N–H and O–H groups in total. The van der Waals surface area contributed by atoms with E-state index in [1.807, 2.05) is 12.1 Å². The largest absolute Gasteiger partial charge is 0.496 e. The highest BCUT2D eigenvalue weighted by Crippen LogP contribution is 2.35. The van der Waals surface area contributed by atoms with E-state index >= 15 is 0 Å². The number of carbonyl (C=O) groups excluding carboxylic acids is 1. The molecule has 0 bridgehead atoms. The molecule has 1 aliphatic rings. The van der Waals surface area contributed by atoms with Crippen LogP contribution in [0.4, 0.5) is 0 Å². The molecule has 1 amide bonds. The Bertz CT molecular complexity index is 462. The summed E-state index contributed by atoms with van der Waals surface area (Å²) in [5.41, 5.74) is 6.81. The zero-order valence-corrected chi connectivity index (χ0v) is 11.3. The third-order valence-electron chi connectivity index (χ3n) is 3.64.